The summed E-state index contributed by atoms with van der Waals surface area (Å²) in [5.74, 6) is -0.130. The predicted octanol–water partition coefficient (Wildman–Crippen LogP) is 4.23. The largest absolute Gasteiger partial charge is 0.308 e. The number of nitrogens with zero attached hydrogens (tertiary/aromatic N) is 1. The number of halogens is 1. The summed E-state index contributed by atoms with van der Waals surface area (Å²) in [6.07, 6.45) is 0.867. The molecule has 0 radical (unpaired) electrons. The Balaban J connectivity index is 2.07. The van der Waals surface area contributed by atoms with Gasteiger partial charge in [0.15, 0.2) is 0 Å². The van der Waals surface area contributed by atoms with Gasteiger partial charge in [-0.25, -0.2) is 4.39 Å². The van der Waals surface area contributed by atoms with E-state index in [-0.39, 0.29) is 11.9 Å². The van der Waals surface area contributed by atoms with Gasteiger partial charge in [0, 0.05) is 23.0 Å². The quantitative estimate of drug-likeness (QED) is 0.823. The molecule has 2 atom stereocenters. The SMILES string of the molecule is CCC(NCC(c1cccs1)N(C)C)c1ccccc1F. The van der Waals surface area contributed by atoms with Gasteiger partial charge in [-0.1, -0.05) is 31.2 Å². The van der Waals surface area contributed by atoms with Crippen LogP contribution in [0.25, 0.3) is 0 Å². The van der Waals surface area contributed by atoms with Crippen molar-refractivity contribution in [3.63, 3.8) is 0 Å². The van der Waals surface area contributed by atoms with Crippen LogP contribution in [-0.2, 0) is 0 Å². The molecule has 114 valence electrons. The molecular weight excluding hydrogens is 283 g/mol. The van der Waals surface area contributed by atoms with Crippen molar-refractivity contribution in [2.24, 2.45) is 0 Å². The van der Waals surface area contributed by atoms with E-state index in [0.717, 1.165) is 18.5 Å². The molecule has 21 heavy (non-hydrogen) atoms. The molecule has 0 bridgehead atoms. The Morgan fingerprint density at radius 2 is 1.95 bits per heavy atom. The van der Waals surface area contributed by atoms with Crippen LogP contribution in [0, 0.1) is 5.82 Å². The summed E-state index contributed by atoms with van der Waals surface area (Å²) < 4.78 is 13.9. The summed E-state index contributed by atoms with van der Waals surface area (Å²) in [5, 5.41) is 5.62. The number of thiophene rings is 1. The molecule has 2 aromatic rings. The number of likely N-dealkylation sites (N-methyl/N-ethyl adjacent to an activating group) is 1. The summed E-state index contributed by atoms with van der Waals surface area (Å²) in [7, 11) is 4.16. The summed E-state index contributed by atoms with van der Waals surface area (Å²) in [6, 6.07) is 11.6. The molecule has 0 aliphatic rings. The molecule has 0 aliphatic carbocycles. The van der Waals surface area contributed by atoms with E-state index in [1.807, 2.05) is 12.1 Å². The van der Waals surface area contributed by atoms with E-state index in [9.17, 15) is 4.39 Å². The van der Waals surface area contributed by atoms with Crippen molar-refractivity contribution >= 4 is 11.3 Å². The topological polar surface area (TPSA) is 15.3 Å². The first-order valence-corrected chi connectivity index (χ1v) is 8.19. The van der Waals surface area contributed by atoms with Gasteiger partial charge >= 0.3 is 0 Å². The lowest BCUT2D eigenvalue weighted by atomic mass is 10.0. The molecule has 0 fully saturated rings. The van der Waals surface area contributed by atoms with Crippen LogP contribution in [0.1, 0.15) is 35.9 Å². The van der Waals surface area contributed by atoms with Gasteiger partial charge in [-0.2, -0.15) is 0 Å². The highest BCUT2D eigenvalue weighted by Gasteiger charge is 2.18. The van der Waals surface area contributed by atoms with Gasteiger partial charge in [-0.15, -0.1) is 11.3 Å². The highest BCUT2D eigenvalue weighted by Crippen LogP contribution is 2.25. The first-order valence-electron chi connectivity index (χ1n) is 7.31. The molecule has 0 spiro atoms. The summed E-state index contributed by atoms with van der Waals surface area (Å²) in [4.78, 5) is 3.53. The van der Waals surface area contributed by atoms with E-state index >= 15 is 0 Å². The Bertz CT molecular complexity index is 539. The summed E-state index contributed by atoms with van der Waals surface area (Å²) in [6.45, 7) is 2.89. The highest BCUT2D eigenvalue weighted by atomic mass is 32.1. The van der Waals surface area contributed by atoms with Crippen LogP contribution in [0.4, 0.5) is 4.39 Å². The zero-order valence-corrected chi connectivity index (χ0v) is 13.7. The van der Waals surface area contributed by atoms with E-state index < -0.39 is 0 Å². The zero-order chi connectivity index (χ0) is 15.2. The van der Waals surface area contributed by atoms with Gasteiger partial charge in [0.2, 0.25) is 0 Å². The normalized spacial score (nSPS) is 14.3. The number of nitrogens with one attached hydrogen (secondary N) is 1. The third-order valence-electron chi connectivity index (χ3n) is 3.74. The van der Waals surface area contributed by atoms with Crippen LogP contribution in [-0.4, -0.2) is 25.5 Å². The Hall–Kier alpha value is -1.23. The fourth-order valence-electron chi connectivity index (χ4n) is 2.50. The van der Waals surface area contributed by atoms with Crippen molar-refractivity contribution in [2.75, 3.05) is 20.6 Å². The molecule has 1 N–H and O–H groups in total. The maximum absolute atomic E-state index is 13.9. The third kappa shape index (κ3) is 4.13. The minimum Gasteiger partial charge on any atom is -0.308 e. The first-order chi connectivity index (χ1) is 10.1. The Labute approximate surface area is 130 Å². The number of benzene rings is 1. The molecule has 2 rings (SSSR count). The van der Waals surface area contributed by atoms with E-state index in [4.69, 9.17) is 0 Å². The van der Waals surface area contributed by atoms with Gasteiger partial charge in [-0.3, -0.25) is 0 Å². The van der Waals surface area contributed by atoms with Crippen molar-refractivity contribution < 1.29 is 4.39 Å². The van der Waals surface area contributed by atoms with E-state index in [2.05, 4.69) is 48.7 Å². The van der Waals surface area contributed by atoms with Crippen LogP contribution < -0.4 is 5.32 Å². The standard InChI is InChI=1S/C17H23FN2S/c1-4-15(13-8-5-6-9-14(13)18)19-12-16(20(2)3)17-10-7-11-21-17/h5-11,15-16,19H,4,12H2,1-3H3. The molecule has 1 aromatic carbocycles. The Morgan fingerprint density at radius 3 is 2.52 bits per heavy atom. The van der Waals surface area contributed by atoms with E-state index in [1.54, 1.807) is 17.4 Å². The van der Waals surface area contributed by atoms with Gasteiger partial charge in [0.25, 0.3) is 0 Å². The Morgan fingerprint density at radius 1 is 1.19 bits per heavy atom. The molecule has 1 heterocycles. The second kappa shape index (κ2) is 7.69. The van der Waals surface area contributed by atoms with Crippen molar-refractivity contribution in [3.8, 4) is 0 Å². The average Bonchev–Trinajstić information content (AvgIpc) is 2.98. The Kier molecular flexibility index (Phi) is 5.91. The van der Waals surface area contributed by atoms with E-state index in [1.165, 1.54) is 10.9 Å². The summed E-state index contributed by atoms with van der Waals surface area (Å²) in [5.41, 5.74) is 0.753. The highest BCUT2D eigenvalue weighted by molar-refractivity contribution is 7.10. The second-order valence-electron chi connectivity index (χ2n) is 5.39. The molecule has 0 saturated carbocycles. The molecule has 2 nitrogen and oxygen atoms in total. The van der Waals surface area contributed by atoms with Crippen molar-refractivity contribution in [1.82, 2.24) is 10.2 Å². The molecule has 2 unspecified atom stereocenters. The number of hydrogen-bond donors (Lipinski definition) is 1. The molecule has 0 saturated heterocycles. The predicted molar refractivity (Wildman–Crippen MR) is 88.2 cm³/mol. The average molecular weight is 306 g/mol. The number of hydrogen-bond acceptors (Lipinski definition) is 3. The van der Waals surface area contributed by atoms with Gasteiger partial charge in [-0.05, 0) is 38.0 Å². The lowest BCUT2D eigenvalue weighted by Gasteiger charge is -2.27. The number of rotatable bonds is 7. The molecular formula is C17H23FN2S. The van der Waals surface area contributed by atoms with E-state index in [0.29, 0.717) is 6.04 Å². The lowest BCUT2D eigenvalue weighted by Crippen LogP contribution is -2.33. The monoisotopic (exact) mass is 306 g/mol. The summed E-state index contributed by atoms with van der Waals surface area (Å²) >= 11 is 1.76. The van der Waals surface area contributed by atoms with Crippen molar-refractivity contribution in [3.05, 3.63) is 58.0 Å². The van der Waals surface area contributed by atoms with Crippen LogP contribution in [0.3, 0.4) is 0 Å². The maximum atomic E-state index is 13.9. The van der Waals surface area contributed by atoms with Crippen LogP contribution in [0.2, 0.25) is 0 Å². The fraction of sp³-hybridized carbons (Fsp3) is 0.412. The van der Waals surface area contributed by atoms with Crippen LogP contribution in [0.5, 0.6) is 0 Å². The minimum atomic E-state index is -0.130. The molecule has 0 amide bonds. The molecule has 0 aliphatic heterocycles. The second-order valence-corrected chi connectivity index (χ2v) is 6.36. The van der Waals surface area contributed by atoms with Gasteiger partial charge in [0.05, 0.1) is 6.04 Å². The minimum absolute atomic E-state index is 0.0496. The third-order valence-corrected chi connectivity index (χ3v) is 4.71. The zero-order valence-electron chi connectivity index (χ0n) is 12.8. The molecule has 4 heteroatoms. The first kappa shape index (κ1) is 16.1. The lowest BCUT2D eigenvalue weighted by molar-refractivity contribution is 0.281. The van der Waals surface area contributed by atoms with Gasteiger partial charge in [0.1, 0.15) is 5.82 Å². The fourth-order valence-corrected chi connectivity index (χ4v) is 3.43. The van der Waals surface area contributed by atoms with Crippen molar-refractivity contribution in [2.45, 2.75) is 25.4 Å². The van der Waals surface area contributed by atoms with Crippen molar-refractivity contribution in [1.29, 1.82) is 0 Å². The van der Waals surface area contributed by atoms with Gasteiger partial charge < -0.3 is 10.2 Å². The van der Waals surface area contributed by atoms with Crippen LogP contribution >= 0.6 is 11.3 Å². The maximum Gasteiger partial charge on any atom is 0.127 e. The van der Waals surface area contributed by atoms with Crippen LogP contribution in [0.15, 0.2) is 41.8 Å². The smallest absolute Gasteiger partial charge is 0.127 e. The molecule has 1 aromatic heterocycles.